The lowest BCUT2D eigenvalue weighted by atomic mass is 9.78. The van der Waals surface area contributed by atoms with Gasteiger partial charge >= 0.3 is 13.2 Å². The van der Waals surface area contributed by atoms with Crippen LogP contribution in [-0.4, -0.2) is 60.6 Å². The first-order chi connectivity index (χ1) is 18.8. The Morgan fingerprint density at radius 2 is 1.77 bits per heavy atom. The zero-order valence-electron chi connectivity index (χ0n) is 25.7. The molecule has 218 valence electrons. The topological polar surface area (TPSA) is 89.5 Å². The van der Waals surface area contributed by atoms with E-state index in [1.165, 1.54) is 7.11 Å². The van der Waals surface area contributed by atoms with Crippen LogP contribution in [0.25, 0.3) is 0 Å². The number of nitrogens with one attached hydrogen (secondary N) is 1. The third-order valence-electron chi connectivity index (χ3n) is 8.95. The molecule has 8 nitrogen and oxygen atoms in total. The van der Waals surface area contributed by atoms with Crippen molar-refractivity contribution in [2.24, 2.45) is 22.7 Å². The van der Waals surface area contributed by atoms with Crippen molar-refractivity contribution in [3.63, 3.8) is 0 Å². The summed E-state index contributed by atoms with van der Waals surface area (Å²) in [6.45, 7) is 17.1. The number of alkyl carbamates (subject to hydrolysis) is 1. The fourth-order valence-electron chi connectivity index (χ4n) is 5.72. The van der Waals surface area contributed by atoms with Crippen molar-refractivity contribution < 1.29 is 23.6 Å². The Labute approximate surface area is 240 Å². The van der Waals surface area contributed by atoms with Crippen LogP contribution in [0.5, 0.6) is 0 Å². The van der Waals surface area contributed by atoms with Crippen LogP contribution in [0.2, 0.25) is 0 Å². The minimum atomic E-state index is -0.664. The van der Waals surface area contributed by atoms with Gasteiger partial charge < -0.3 is 24.3 Å². The number of ether oxygens (including phenoxy) is 1. The van der Waals surface area contributed by atoms with Gasteiger partial charge in [-0.05, 0) is 76.2 Å². The van der Waals surface area contributed by atoms with Crippen LogP contribution in [0, 0.1) is 17.8 Å². The molecule has 3 aliphatic rings. The van der Waals surface area contributed by atoms with Gasteiger partial charge in [-0.1, -0.05) is 52.0 Å². The fourth-order valence-corrected chi connectivity index (χ4v) is 5.72. The average molecular weight is 552 g/mol. The minimum absolute atomic E-state index is 0.0800. The first-order valence-corrected chi connectivity index (χ1v) is 14.7. The van der Waals surface area contributed by atoms with Crippen molar-refractivity contribution in [1.29, 1.82) is 0 Å². The SMILES string of the molecule is CCC1CCC(c2ccc(B3OC(C)(C)C(C)(C)O3)cc2)=N/C1=C1/CC(C)CN1C(=O)C(NC(=O)OC)C(C)C. The summed E-state index contributed by atoms with van der Waals surface area (Å²) >= 11 is 0. The Balaban J connectivity index is 1.64. The van der Waals surface area contributed by atoms with Crippen LogP contribution in [0.1, 0.15) is 86.6 Å². The second-order valence-corrected chi connectivity index (χ2v) is 12.9. The van der Waals surface area contributed by atoms with E-state index in [9.17, 15) is 9.59 Å². The maximum Gasteiger partial charge on any atom is 0.494 e. The number of methoxy groups -OCH3 is 1. The summed E-state index contributed by atoms with van der Waals surface area (Å²) in [7, 11) is 0.913. The molecule has 3 heterocycles. The van der Waals surface area contributed by atoms with Crippen LogP contribution >= 0.6 is 0 Å². The molecule has 2 saturated heterocycles. The highest BCUT2D eigenvalue weighted by Crippen LogP contribution is 2.39. The lowest BCUT2D eigenvalue weighted by Gasteiger charge is -2.32. The molecule has 3 unspecified atom stereocenters. The summed E-state index contributed by atoms with van der Waals surface area (Å²) < 4.78 is 17.3. The highest BCUT2D eigenvalue weighted by Gasteiger charge is 2.51. The molecule has 40 heavy (non-hydrogen) atoms. The van der Waals surface area contributed by atoms with E-state index in [1.54, 1.807) is 0 Å². The van der Waals surface area contributed by atoms with Crippen LogP contribution in [0.3, 0.4) is 0 Å². The van der Waals surface area contributed by atoms with Gasteiger partial charge in [-0.15, -0.1) is 0 Å². The summed E-state index contributed by atoms with van der Waals surface area (Å²) in [4.78, 5) is 32.9. The normalized spacial score (nSPS) is 26.6. The molecular formula is C31H46BN3O5. The summed E-state index contributed by atoms with van der Waals surface area (Å²) in [5.74, 6) is 0.420. The Morgan fingerprint density at radius 1 is 1.15 bits per heavy atom. The summed E-state index contributed by atoms with van der Waals surface area (Å²) in [5, 5.41) is 2.75. The highest BCUT2D eigenvalue weighted by molar-refractivity contribution is 6.62. The Bertz CT molecular complexity index is 1160. The molecule has 0 aromatic heterocycles. The minimum Gasteiger partial charge on any atom is -0.453 e. The molecule has 2 fully saturated rings. The van der Waals surface area contributed by atoms with Gasteiger partial charge in [-0.3, -0.25) is 9.79 Å². The molecular weight excluding hydrogens is 505 g/mol. The maximum atomic E-state index is 13.8. The fraction of sp³-hybridized carbons (Fsp3) is 0.645. The molecule has 2 amide bonds. The third kappa shape index (κ3) is 6.01. The quantitative estimate of drug-likeness (QED) is 0.500. The molecule has 0 spiro atoms. The van der Waals surface area contributed by atoms with E-state index < -0.39 is 19.3 Å². The van der Waals surface area contributed by atoms with Crippen molar-refractivity contribution in [2.75, 3.05) is 13.7 Å². The first-order valence-electron chi connectivity index (χ1n) is 14.7. The van der Waals surface area contributed by atoms with Gasteiger partial charge in [0.25, 0.3) is 0 Å². The first kappa shape index (κ1) is 30.3. The van der Waals surface area contributed by atoms with Crippen LogP contribution < -0.4 is 10.8 Å². The number of rotatable bonds is 6. The monoisotopic (exact) mass is 551 g/mol. The van der Waals surface area contributed by atoms with Gasteiger partial charge in [-0.2, -0.15) is 0 Å². The zero-order chi connectivity index (χ0) is 29.4. The molecule has 1 N–H and O–H groups in total. The lowest BCUT2D eigenvalue weighted by Crippen LogP contribution is -2.50. The summed E-state index contributed by atoms with van der Waals surface area (Å²) in [6, 6.07) is 7.67. The number of amides is 2. The number of hydrogen-bond acceptors (Lipinski definition) is 6. The van der Waals surface area contributed by atoms with Crippen molar-refractivity contribution in [1.82, 2.24) is 10.2 Å². The summed E-state index contributed by atoms with van der Waals surface area (Å²) in [6.07, 6.45) is 3.02. The number of nitrogens with zero attached hydrogens (tertiary/aromatic N) is 2. The molecule has 3 aliphatic heterocycles. The van der Waals surface area contributed by atoms with Crippen LogP contribution in [0.4, 0.5) is 4.79 Å². The molecule has 3 atom stereocenters. The average Bonchev–Trinajstić information content (AvgIpc) is 3.41. The van der Waals surface area contributed by atoms with Crippen molar-refractivity contribution in [3.8, 4) is 0 Å². The van der Waals surface area contributed by atoms with Gasteiger partial charge in [0.1, 0.15) is 6.04 Å². The third-order valence-corrected chi connectivity index (χ3v) is 8.95. The molecule has 0 aliphatic carbocycles. The smallest absolute Gasteiger partial charge is 0.453 e. The van der Waals surface area contributed by atoms with E-state index >= 15 is 0 Å². The number of hydrogen-bond donors (Lipinski definition) is 1. The van der Waals surface area contributed by atoms with E-state index in [4.69, 9.17) is 19.0 Å². The standard InChI is InChI=1S/C31H46BN3O5/c1-10-21-13-16-24(22-11-14-23(15-12-22)32-39-30(5,6)31(7,8)40-32)33-27(21)25-17-20(4)18-35(25)28(36)26(19(2)3)34-29(37)38-9/h11-12,14-15,19-21,26H,10,13,16-18H2,1-9H3,(H,34,37)/b27-25-. The second-order valence-electron chi connectivity index (χ2n) is 12.9. The lowest BCUT2D eigenvalue weighted by molar-refractivity contribution is -0.132. The Hall–Kier alpha value is -2.65. The van der Waals surface area contributed by atoms with Crippen molar-refractivity contribution in [3.05, 3.63) is 41.2 Å². The maximum absolute atomic E-state index is 13.8. The van der Waals surface area contributed by atoms with E-state index in [-0.39, 0.29) is 28.9 Å². The molecule has 0 bridgehead atoms. The predicted molar refractivity (Wildman–Crippen MR) is 158 cm³/mol. The van der Waals surface area contributed by atoms with Gasteiger partial charge in [0.2, 0.25) is 5.91 Å². The number of allylic oxidation sites excluding steroid dienone is 2. The van der Waals surface area contributed by atoms with Gasteiger partial charge in [0.05, 0.1) is 24.0 Å². The van der Waals surface area contributed by atoms with Gasteiger partial charge in [0.15, 0.2) is 0 Å². The largest absolute Gasteiger partial charge is 0.494 e. The van der Waals surface area contributed by atoms with Crippen LogP contribution in [-0.2, 0) is 18.8 Å². The van der Waals surface area contributed by atoms with E-state index in [2.05, 4.69) is 71.1 Å². The summed E-state index contributed by atoms with van der Waals surface area (Å²) in [5.41, 5.74) is 4.33. The molecule has 4 rings (SSSR count). The van der Waals surface area contributed by atoms with Gasteiger partial charge in [-0.25, -0.2) is 4.79 Å². The number of carbonyl (C=O) groups excluding carboxylic acids is 2. The molecule has 1 aromatic carbocycles. The van der Waals surface area contributed by atoms with Crippen molar-refractivity contribution >= 4 is 30.3 Å². The number of aliphatic imine (C=N–C) groups is 1. The highest BCUT2D eigenvalue weighted by atomic mass is 16.7. The van der Waals surface area contributed by atoms with Crippen LogP contribution in [0.15, 0.2) is 40.7 Å². The molecule has 1 aromatic rings. The Kier molecular flexibility index (Phi) is 8.86. The van der Waals surface area contributed by atoms with E-state index in [1.807, 2.05) is 18.7 Å². The predicted octanol–water partition coefficient (Wildman–Crippen LogP) is 5.06. The van der Waals surface area contributed by atoms with Gasteiger partial charge in [0, 0.05) is 23.9 Å². The zero-order valence-corrected chi connectivity index (χ0v) is 25.7. The van der Waals surface area contributed by atoms with E-state index in [0.717, 1.165) is 53.8 Å². The van der Waals surface area contributed by atoms with E-state index in [0.29, 0.717) is 12.5 Å². The molecule has 9 heteroatoms. The Morgan fingerprint density at radius 3 is 2.33 bits per heavy atom. The molecule has 0 radical (unpaired) electrons. The number of carbonyl (C=O) groups is 2. The number of benzene rings is 1. The number of likely N-dealkylation sites (tertiary alicyclic amines) is 1. The molecule has 0 saturated carbocycles. The second kappa shape index (κ2) is 11.7. The van der Waals surface area contributed by atoms with Crippen molar-refractivity contribution in [2.45, 2.75) is 98.3 Å².